The van der Waals surface area contributed by atoms with Crippen LogP contribution in [0, 0.1) is 6.92 Å². The Hall–Kier alpha value is -0.970. The standard InChI is InChI=1S/C12H13ClN2OS/c1-7-6-16-12(15-7)17-11-4-3-9(8(2)14)5-10(11)13/h3-6,8H,14H2,1-2H3/t8-/m0/s1. The minimum absolute atomic E-state index is 0.0180. The van der Waals surface area contributed by atoms with Crippen LogP contribution < -0.4 is 5.73 Å². The maximum absolute atomic E-state index is 6.18. The molecule has 90 valence electrons. The molecule has 0 amide bonds. The predicted octanol–water partition coefficient (Wildman–Crippen LogP) is 3.81. The fraction of sp³-hybridized carbons (Fsp3) is 0.250. The summed E-state index contributed by atoms with van der Waals surface area (Å²) in [5.41, 5.74) is 7.67. The van der Waals surface area contributed by atoms with Gasteiger partial charge in [0.25, 0.3) is 5.22 Å². The van der Waals surface area contributed by atoms with Crippen molar-refractivity contribution in [3.8, 4) is 0 Å². The Morgan fingerprint density at radius 1 is 1.47 bits per heavy atom. The highest BCUT2D eigenvalue weighted by Gasteiger charge is 2.09. The summed E-state index contributed by atoms with van der Waals surface area (Å²) in [5, 5.41) is 1.26. The second-order valence-electron chi connectivity index (χ2n) is 3.84. The lowest BCUT2D eigenvalue weighted by Gasteiger charge is -2.07. The lowest BCUT2D eigenvalue weighted by Crippen LogP contribution is -2.04. The zero-order valence-electron chi connectivity index (χ0n) is 9.61. The van der Waals surface area contributed by atoms with Crippen LogP contribution in [0.1, 0.15) is 24.2 Å². The van der Waals surface area contributed by atoms with Gasteiger partial charge in [0.1, 0.15) is 6.26 Å². The van der Waals surface area contributed by atoms with E-state index in [-0.39, 0.29) is 6.04 Å². The fourth-order valence-corrected chi connectivity index (χ4v) is 2.43. The molecule has 0 radical (unpaired) electrons. The lowest BCUT2D eigenvalue weighted by molar-refractivity contribution is 0.454. The molecule has 0 bridgehead atoms. The third kappa shape index (κ3) is 3.03. The lowest BCUT2D eigenvalue weighted by atomic mass is 10.1. The number of hydrogen-bond donors (Lipinski definition) is 1. The van der Waals surface area contributed by atoms with Crippen LogP contribution in [0.3, 0.4) is 0 Å². The van der Waals surface area contributed by atoms with Gasteiger partial charge in [-0.05, 0) is 43.3 Å². The molecule has 0 saturated carbocycles. The summed E-state index contributed by atoms with van der Waals surface area (Å²) in [5.74, 6) is 0. The highest BCUT2D eigenvalue weighted by atomic mass is 35.5. The number of aromatic nitrogens is 1. The van der Waals surface area contributed by atoms with Crippen LogP contribution in [0.15, 0.2) is 39.0 Å². The summed E-state index contributed by atoms with van der Waals surface area (Å²) < 4.78 is 5.27. The van der Waals surface area contributed by atoms with Gasteiger partial charge in [-0.25, -0.2) is 4.98 Å². The monoisotopic (exact) mass is 268 g/mol. The van der Waals surface area contributed by atoms with Gasteiger partial charge in [0.2, 0.25) is 0 Å². The molecule has 1 heterocycles. The van der Waals surface area contributed by atoms with Crippen molar-refractivity contribution in [1.82, 2.24) is 4.98 Å². The van der Waals surface area contributed by atoms with Crippen molar-refractivity contribution in [2.75, 3.05) is 0 Å². The van der Waals surface area contributed by atoms with Crippen LogP contribution >= 0.6 is 23.4 Å². The summed E-state index contributed by atoms with van der Waals surface area (Å²) in [6.45, 7) is 3.81. The van der Waals surface area contributed by atoms with Gasteiger partial charge in [0.05, 0.1) is 10.7 Å². The Balaban J connectivity index is 2.22. The molecule has 0 saturated heterocycles. The van der Waals surface area contributed by atoms with E-state index < -0.39 is 0 Å². The maximum atomic E-state index is 6.18. The number of oxazole rings is 1. The first-order chi connectivity index (χ1) is 8.06. The first-order valence-corrected chi connectivity index (χ1v) is 6.40. The van der Waals surface area contributed by atoms with E-state index in [9.17, 15) is 0 Å². The Kier molecular flexibility index (Phi) is 3.76. The van der Waals surface area contributed by atoms with E-state index in [1.807, 2.05) is 32.0 Å². The van der Waals surface area contributed by atoms with Crippen LogP contribution in [-0.4, -0.2) is 4.98 Å². The van der Waals surface area contributed by atoms with Gasteiger partial charge in [0.15, 0.2) is 0 Å². The highest BCUT2D eigenvalue weighted by Crippen LogP contribution is 2.33. The predicted molar refractivity (Wildman–Crippen MR) is 69.4 cm³/mol. The molecule has 5 heteroatoms. The average Bonchev–Trinajstić information content (AvgIpc) is 2.67. The van der Waals surface area contributed by atoms with Crippen LogP contribution in [0.4, 0.5) is 0 Å². The normalized spacial score (nSPS) is 12.7. The first kappa shape index (κ1) is 12.5. The topological polar surface area (TPSA) is 52.0 Å². The number of hydrogen-bond acceptors (Lipinski definition) is 4. The van der Waals surface area contributed by atoms with E-state index in [2.05, 4.69) is 4.98 Å². The summed E-state index contributed by atoms with van der Waals surface area (Å²) in [4.78, 5) is 5.13. The fourth-order valence-electron chi connectivity index (χ4n) is 1.36. The Morgan fingerprint density at radius 2 is 2.24 bits per heavy atom. The molecule has 2 rings (SSSR count). The molecule has 0 fully saturated rings. The van der Waals surface area contributed by atoms with Gasteiger partial charge < -0.3 is 10.2 Å². The Labute approximate surface area is 109 Å². The van der Waals surface area contributed by atoms with Gasteiger partial charge in [-0.15, -0.1) is 0 Å². The zero-order chi connectivity index (χ0) is 12.4. The molecule has 2 aromatic rings. The minimum Gasteiger partial charge on any atom is -0.439 e. The third-order valence-electron chi connectivity index (χ3n) is 2.28. The van der Waals surface area contributed by atoms with Crippen LogP contribution in [-0.2, 0) is 0 Å². The van der Waals surface area contributed by atoms with Crippen LogP contribution in [0.2, 0.25) is 5.02 Å². The largest absolute Gasteiger partial charge is 0.439 e. The van der Waals surface area contributed by atoms with E-state index in [0.717, 1.165) is 16.2 Å². The van der Waals surface area contributed by atoms with Crippen LogP contribution in [0.5, 0.6) is 0 Å². The molecule has 0 unspecified atom stereocenters. The Morgan fingerprint density at radius 3 is 2.76 bits per heavy atom. The zero-order valence-corrected chi connectivity index (χ0v) is 11.2. The second-order valence-corrected chi connectivity index (χ2v) is 5.24. The number of aryl methyl sites for hydroxylation is 1. The summed E-state index contributed by atoms with van der Waals surface area (Å²) in [6, 6.07) is 5.76. The molecule has 0 aliphatic heterocycles. The molecule has 17 heavy (non-hydrogen) atoms. The minimum atomic E-state index is -0.0180. The molecule has 0 spiro atoms. The van der Waals surface area contributed by atoms with Crippen molar-refractivity contribution < 1.29 is 4.42 Å². The maximum Gasteiger partial charge on any atom is 0.260 e. The molecule has 0 aliphatic carbocycles. The van der Waals surface area contributed by atoms with Gasteiger partial charge in [-0.2, -0.15) is 0 Å². The number of nitrogens with zero attached hydrogens (tertiary/aromatic N) is 1. The van der Waals surface area contributed by atoms with Crippen LogP contribution in [0.25, 0.3) is 0 Å². The van der Waals surface area contributed by atoms with Crippen molar-refractivity contribution in [3.05, 3.63) is 40.7 Å². The van der Waals surface area contributed by atoms with Gasteiger partial charge in [-0.3, -0.25) is 0 Å². The number of halogens is 1. The molecule has 3 nitrogen and oxygen atoms in total. The number of nitrogens with two attached hydrogens (primary N) is 1. The molecule has 1 atom stereocenters. The van der Waals surface area contributed by atoms with Crippen molar-refractivity contribution in [1.29, 1.82) is 0 Å². The van der Waals surface area contributed by atoms with E-state index in [1.54, 1.807) is 6.26 Å². The quantitative estimate of drug-likeness (QED) is 0.920. The van der Waals surface area contributed by atoms with Crippen molar-refractivity contribution in [3.63, 3.8) is 0 Å². The van der Waals surface area contributed by atoms with E-state index in [0.29, 0.717) is 10.2 Å². The number of rotatable bonds is 3. The van der Waals surface area contributed by atoms with Gasteiger partial charge >= 0.3 is 0 Å². The molecule has 2 N–H and O–H groups in total. The highest BCUT2D eigenvalue weighted by molar-refractivity contribution is 7.99. The molecule has 1 aromatic carbocycles. The third-order valence-corrected chi connectivity index (χ3v) is 3.64. The molecular weight excluding hydrogens is 256 g/mol. The first-order valence-electron chi connectivity index (χ1n) is 5.21. The van der Waals surface area contributed by atoms with Crippen molar-refractivity contribution in [2.24, 2.45) is 5.73 Å². The Bertz CT molecular complexity index is 525. The van der Waals surface area contributed by atoms with Gasteiger partial charge in [0, 0.05) is 10.9 Å². The van der Waals surface area contributed by atoms with E-state index in [1.165, 1.54) is 11.8 Å². The van der Waals surface area contributed by atoms with E-state index in [4.69, 9.17) is 21.8 Å². The summed E-state index contributed by atoms with van der Waals surface area (Å²) in [6.07, 6.45) is 1.62. The molecule has 0 aliphatic rings. The number of benzene rings is 1. The summed E-state index contributed by atoms with van der Waals surface area (Å²) >= 11 is 7.59. The smallest absolute Gasteiger partial charge is 0.260 e. The van der Waals surface area contributed by atoms with Crippen molar-refractivity contribution in [2.45, 2.75) is 30.0 Å². The van der Waals surface area contributed by atoms with Gasteiger partial charge in [-0.1, -0.05) is 17.7 Å². The SMILES string of the molecule is Cc1coc(Sc2ccc([C@H](C)N)cc2Cl)n1. The van der Waals surface area contributed by atoms with Crippen molar-refractivity contribution >= 4 is 23.4 Å². The van der Waals surface area contributed by atoms with E-state index >= 15 is 0 Å². The summed E-state index contributed by atoms with van der Waals surface area (Å²) in [7, 11) is 0. The average molecular weight is 269 g/mol. The molecule has 1 aromatic heterocycles. The molecular formula is C12H13ClN2OS. The second kappa shape index (κ2) is 5.12.